The smallest absolute Gasteiger partial charge is 0.325 e. The number of aliphatic carboxylic acids is 1. The summed E-state index contributed by atoms with van der Waals surface area (Å²) in [4.78, 5) is 14.7. The second-order valence-electron chi connectivity index (χ2n) is 5.46. The van der Waals surface area contributed by atoms with Gasteiger partial charge in [-0.1, -0.05) is 6.07 Å². The van der Waals surface area contributed by atoms with Gasteiger partial charge in [0.1, 0.15) is 6.54 Å². The molecule has 0 spiro atoms. The molecule has 0 saturated carbocycles. The van der Waals surface area contributed by atoms with E-state index in [-0.39, 0.29) is 6.54 Å². The van der Waals surface area contributed by atoms with Gasteiger partial charge in [0.2, 0.25) is 0 Å². The maximum atomic E-state index is 10.9. The van der Waals surface area contributed by atoms with E-state index in [0.717, 1.165) is 38.2 Å². The van der Waals surface area contributed by atoms with Crippen molar-refractivity contribution in [2.45, 2.75) is 31.8 Å². The lowest BCUT2D eigenvalue weighted by atomic mass is 9.94. The minimum Gasteiger partial charge on any atom is -0.480 e. The second kappa shape index (κ2) is 6.41. The largest absolute Gasteiger partial charge is 0.480 e. The first-order valence-electron chi connectivity index (χ1n) is 7.20. The van der Waals surface area contributed by atoms with Gasteiger partial charge in [-0.3, -0.25) is 14.4 Å². The van der Waals surface area contributed by atoms with Crippen LogP contribution in [0.3, 0.4) is 0 Å². The Bertz CT molecular complexity index is 594. The number of carboxylic acid groups (broad SMARTS) is 1. The highest BCUT2D eigenvalue weighted by atomic mass is 32.1. The van der Waals surface area contributed by atoms with Crippen LogP contribution in [0.2, 0.25) is 0 Å². The van der Waals surface area contributed by atoms with Crippen LogP contribution in [0, 0.1) is 0 Å². The van der Waals surface area contributed by atoms with Crippen molar-refractivity contribution >= 4 is 17.3 Å². The fourth-order valence-electron chi connectivity index (χ4n) is 3.01. The van der Waals surface area contributed by atoms with Gasteiger partial charge < -0.3 is 5.11 Å². The molecular weight excluding hydrogens is 286 g/mol. The van der Waals surface area contributed by atoms with Gasteiger partial charge in [-0.2, -0.15) is 5.10 Å². The topological polar surface area (TPSA) is 58.4 Å². The quantitative estimate of drug-likeness (QED) is 0.921. The van der Waals surface area contributed by atoms with E-state index in [9.17, 15) is 4.79 Å². The van der Waals surface area contributed by atoms with E-state index < -0.39 is 5.97 Å². The fourth-order valence-corrected chi connectivity index (χ4v) is 3.76. The van der Waals surface area contributed by atoms with Gasteiger partial charge in [-0.25, -0.2) is 0 Å². The Morgan fingerprint density at radius 2 is 2.38 bits per heavy atom. The number of hydrogen-bond donors (Lipinski definition) is 1. The molecule has 21 heavy (non-hydrogen) atoms. The average molecular weight is 305 g/mol. The first-order chi connectivity index (χ1) is 10.2. The zero-order valence-corrected chi connectivity index (χ0v) is 12.6. The Hall–Kier alpha value is -1.66. The lowest BCUT2D eigenvalue weighted by molar-refractivity contribution is -0.137. The minimum absolute atomic E-state index is 0.0518. The summed E-state index contributed by atoms with van der Waals surface area (Å²) in [5.74, 6) is -0.466. The third-order valence-corrected chi connectivity index (χ3v) is 4.78. The third kappa shape index (κ3) is 3.51. The number of carbonyl (C=O) groups is 1. The van der Waals surface area contributed by atoms with Gasteiger partial charge in [-0.05, 0) is 36.9 Å². The van der Waals surface area contributed by atoms with Gasteiger partial charge >= 0.3 is 5.97 Å². The molecule has 0 amide bonds. The Labute approximate surface area is 127 Å². The number of carboxylic acids is 1. The van der Waals surface area contributed by atoms with Crippen LogP contribution < -0.4 is 0 Å². The van der Waals surface area contributed by atoms with Crippen molar-refractivity contribution in [1.29, 1.82) is 0 Å². The van der Waals surface area contributed by atoms with Crippen LogP contribution in [0.5, 0.6) is 0 Å². The highest BCUT2D eigenvalue weighted by molar-refractivity contribution is 7.09. The first-order valence-corrected chi connectivity index (χ1v) is 8.08. The summed E-state index contributed by atoms with van der Waals surface area (Å²) in [5, 5.41) is 15.2. The zero-order chi connectivity index (χ0) is 14.7. The van der Waals surface area contributed by atoms with Crippen LogP contribution in [0.4, 0.5) is 0 Å². The van der Waals surface area contributed by atoms with Crippen LogP contribution in [0.1, 0.15) is 29.3 Å². The van der Waals surface area contributed by atoms with Crippen LogP contribution >= 0.6 is 11.3 Å². The van der Waals surface area contributed by atoms with Gasteiger partial charge in [0.05, 0.1) is 0 Å². The van der Waals surface area contributed by atoms with Gasteiger partial charge in [0.25, 0.3) is 0 Å². The monoisotopic (exact) mass is 305 g/mol. The van der Waals surface area contributed by atoms with Crippen molar-refractivity contribution in [1.82, 2.24) is 14.7 Å². The number of likely N-dealkylation sites (tertiary alicyclic amines) is 1. The van der Waals surface area contributed by atoms with Crippen LogP contribution in [0.15, 0.2) is 29.8 Å². The third-order valence-electron chi connectivity index (χ3n) is 3.92. The minimum atomic E-state index is -0.841. The second-order valence-corrected chi connectivity index (χ2v) is 6.49. The molecule has 112 valence electrons. The molecule has 0 bridgehead atoms. The van der Waals surface area contributed by atoms with Crippen molar-refractivity contribution in [3.63, 3.8) is 0 Å². The predicted octanol–water partition coefficient (Wildman–Crippen LogP) is 2.41. The summed E-state index contributed by atoms with van der Waals surface area (Å²) in [7, 11) is 0. The molecule has 1 atom stereocenters. The van der Waals surface area contributed by atoms with Crippen molar-refractivity contribution in [2.24, 2.45) is 0 Å². The molecule has 5 nitrogen and oxygen atoms in total. The molecule has 3 heterocycles. The molecule has 0 radical (unpaired) electrons. The SMILES string of the molecule is O=C(O)Cn1nccc1C1CCCN(Cc2cccs2)C1. The maximum absolute atomic E-state index is 10.9. The van der Waals surface area contributed by atoms with Crippen LogP contribution in [-0.2, 0) is 17.9 Å². The van der Waals surface area contributed by atoms with Gasteiger partial charge in [0, 0.05) is 35.8 Å². The number of thiophene rings is 1. The normalized spacial score (nSPS) is 19.7. The highest BCUT2D eigenvalue weighted by Crippen LogP contribution is 2.28. The van der Waals surface area contributed by atoms with Crippen molar-refractivity contribution in [3.8, 4) is 0 Å². The summed E-state index contributed by atoms with van der Waals surface area (Å²) in [6, 6.07) is 6.22. The molecule has 0 aliphatic carbocycles. The molecule has 2 aromatic heterocycles. The molecule has 1 fully saturated rings. The molecule has 2 aromatic rings. The zero-order valence-electron chi connectivity index (χ0n) is 11.8. The first kappa shape index (κ1) is 14.3. The molecule has 0 aromatic carbocycles. The van der Waals surface area contributed by atoms with Crippen LogP contribution in [0.25, 0.3) is 0 Å². The van der Waals surface area contributed by atoms with E-state index in [2.05, 4.69) is 27.5 Å². The summed E-state index contributed by atoms with van der Waals surface area (Å²) >= 11 is 1.79. The molecule has 1 N–H and O–H groups in total. The number of piperidine rings is 1. The van der Waals surface area contributed by atoms with E-state index in [1.165, 1.54) is 4.88 Å². The summed E-state index contributed by atoms with van der Waals surface area (Å²) < 4.78 is 1.63. The summed E-state index contributed by atoms with van der Waals surface area (Å²) in [5.41, 5.74) is 1.05. The van der Waals surface area contributed by atoms with E-state index in [1.807, 2.05) is 6.07 Å². The number of aromatic nitrogens is 2. The molecule has 3 rings (SSSR count). The van der Waals surface area contributed by atoms with Crippen molar-refractivity contribution in [3.05, 3.63) is 40.3 Å². The van der Waals surface area contributed by atoms with E-state index >= 15 is 0 Å². The van der Waals surface area contributed by atoms with Crippen molar-refractivity contribution < 1.29 is 9.90 Å². The van der Waals surface area contributed by atoms with Crippen LogP contribution in [-0.4, -0.2) is 38.8 Å². The molecular formula is C15H19N3O2S. The summed E-state index contributed by atoms with van der Waals surface area (Å²) in [6.45, 7) is 3.02. The summed E-state index contributed by atoms with van der Waals surface area (Å²) in [6.07, 6.45) is 3.96. The number of rotatable bonds is 5. The van der Waals surface area contributed by atoms with E-state index in [0.29, 0.717) is 5.92 Å². The average Bonchev–Trinajstić information content (AvgIpc) is 3.10. The van der Waals surface area contributed by atoms with Gasteiger partial charge in [0.15, 0.2) is 0 Å². The maximum Gasteiger partial charge on any atom is 0.325 e. The molecule has 1 saturated heterocycles. The highest BCUT2D eigenvalue weighted by Gasteiger charge is 2.24. The lowest BCUT2D eigenvalue weighted by Crippen LogP contribution is -2.34. The Morgan fingerprint density at radius 1 is 1.48 bits per heavy atom. The van der Waals surface area contributed by atoms with E-state index in [4.69, 9.17) is 5.11 Å². The Kier molecular flexibility index (Phi) is 4.36. The van der Waals surface area contributed by atoms with Gasteiger partial charge in [-0.15, -0.1) is 11.3 Å². The predicted molar refractivity (Wildman–Crippen MR) is 81.4 cm³/mol. The molecule has 6 heteroatoms. The lowest BCUT2D eigenvalue weighted by Gasteiger charge is -2.32. The Morgan fingerprint density at radius 3 is 3.14 bits per heavy atom. The standard InChI is InChI=1S/C15H19N3O2S/c19-15(20)11-18-14(5-6-16-18)12-3-1-7-17(9-12)10-13-4-2-8-21-13/h2,4-6,8,12H,1,3,7,9-11H2,(H,19,20). The van der Waals surface area contributed by atoms with E-state index in [1.54, 1.807) is 22.2 Å². The fraction of sp³-hybridized carbons (Fsp3) is 0.467. The van der Waals surface area contributed by atoms with Crippen molar-refractivity contribution in [2.75, 3.05) is 13.1 Å². The molecule has 1 aliphatic heterocycles. The number of hydrogen-bond acceptors (Lipinski definition) is 4. The molecule has 1 aliphatic rings. The molecule has 1 unspecified atom stereocenters. The number of nitrogens with zero attached hydrogens (tertiary/aromatic N) is 3. The Balaban J connectivity index is 1.68.